The summed E-state index contributed by atoms with van der Waals surface area (Å²) in [5.41, 5.74) is 3.62. The topological polar surface area (TPSA) is 93.4 Å². The van der Waals surface area contributed by atoms with Crippen molar-refractivity contribution in [2.75, 3.05) is 26.3 Å². The van der Waals surface area contributed by atoms with E-state index < -0.39 is 0 Å². The van der Waals surface area contributed by atoms with E-state index in [0.29, 0.717) is 29.4 Å². The molecule has 0 aliphatic carbocycles. The average molecular weight is 413 g/mol. The van der Waals surface area contributed by atoms with Gasteiger partial charge in [0.15, 0.2) is 18.1 Å². The van der Waals surface area contributed by atoms with Crippen LogP contribution in [0.3, 0.4) is 0 Å². The van der Waals surface area contributed by atoms with Crippen molar-refractivity contribution >= 4 is 18.0 Å². The maximum Gasteiger partial charge on any atom is 0.274 e. The highest BCUT2D eigenvalue weighted by Crippen LogP contribution is 2.28. The number of nitrogens with zero attached hydrogens (tertiary/aromatic N) is 2. The fourth-order valence-electron chi connectivity index (χ4n) is 3.21. The van der Waals surface area contributed by atoms with E-state index in [9.17, 15) is 9.59 Å². The minimum atomic E-state index is -0.348. The van der Waals surface area contributed by atoms with Crippen LogP contribution >= 0.6 is 0 Å². The summed E-state index contributed by atoms with van der Waals surface area (Å²) < 4.78 is 16.5. The highest BCUT2D eigenvalue weighted by atomic mass is 16.5. The molecule has 3 rings (SSSR count). The number of amides is 2. The van der Waals surface area contributed by atoms with Crippen LogP contribution in [0.5, 0.6) is 11.5 Å². The van der Waals surface area contributed by atoms with Gasteiger partial charge in [-0.15, -0.1) is 0 Å². The van der Waals surface area contributed by atoms with Crippen molar-refractivity contribution < 1.29 is 23.5 Å². The molecule has 1 saturated heterocycles. The normalized spacial score (nSPS) is 14.0. The first-order chi connectivity index (χ1) is 14.6. The molecule has 0 radical (unpaired) electrons. The fourth-order valence-corrected chi connectivity index (χ4v) is 3.21. The number of nitrogens with one attached hydrogen (secondary N) is 1. The third-order valence-corrected chi connectivity index (χ3v) is 4.81. The van der Waals surface area contributed by atoms with Gasteiger partial charge in [-0.1, -0.05) is 0 Å². The lowest BCUT2D eigenvalue weighted by Crippen LogP contribution is -2.38. The SMILES string of the molecule is CCOc1cc(/C=N\NC(=O)c2ccoc2C)ccc1OCC(=O)N1CCCCC1. The summed E-state index contributed by atoms with van der Waals surface area (Å²) in [6.07, 6.45) is 6.22. The Morgan fingerprint density at radius 3 is 2.67 bits per heavy atom. The van der Waals surface area contributed by atoms with E-state index in [1.807, 2.05) is 11.8 Å². The maximum atomic E-state index is 12.3. The van der Waals surface area contributed by atoms with E-state index in [4.69, 9.17) is 13.9 Å². The predicted molar refractivity (Wildman–Crippen MR) is 112 cm³/mol. The van der Waals surface area contributed by atoms with Gasteiger partial charge in [-0.05, 0) is 62.9 Å². The molecule has 1 aliphatic heterocycles. The molecule has 2 heterocycles. The van der Waals surface area contributed by atoms with Crippen LogP contribution in [-0.4, -0.2) is 49.2 Å². The minimum absolute atomic E-state index is 0.0139. The van der Waals surface area contributed by atoms with Gasteiger partial charge in [0.25, 0.3) is 11.8 Å². The van der Waals surface area contributed by atoms with Crippen molar-refractivity contribution in [1.82, 2.24) is 10.3 Å². The van der Waals surface area contributed by atoms with Crippen LogP contribution < -0.4 is 14.9 Å². The van der Waals surface area contributed by atoms with Crippen molar-refractivity contribution in [2.45, 2.75) is 33.1 Å². The molecule has 1 N–H and O–H groups in total. The lowest BCUT2D eigenvalue weighted by molar-refractivity contribution is -0.134. The summed E-state index contributed by atoms with van der Waals surface area (Å²) in [4.78, 5) is 26.2. The number of hydrazone groups is 1. The molecule has 1 aromatic carbocycles. The maximum absolute atomic E-state index is 12.3. The number of hydrogen-bond donors (Lipinski definition) is 1. The molecule has 1 aliphatic rings. The Hall–Kier alpha value is -3.29. The van der Waals surface area contributed by atoms with E-state index in [1.165, 1.54) is 18.9 Å². The number of carbonyl (C=O) groups is 2. The molecule has 0 unspecified atom stereocenters. The zero-order valence-corrected chi connectivity index (χ0v) is 17.3. The van der Waals surface area contributed by atoms with Crippen LogP contribution in [0.25, 0.3) is 0 Å². The average Bonchev–Trinajstić information content (AvgIpc) is 3.19. The van der Waals surface area contributed by atoms with Crippen LogP contribution in [0.4, 0.5) is 0 Å². The van der Waals surface area contributed by atoms with Gasteiger partial charge in [-0.3, -0.25) is 9.59 Å². The number of rotatable bonds is 8. The highest BCUT2D eigenvalue weighted by Gasteiger charge is 2.17. The van der Waals surface area contributed by atoms with Gasteiger partial charge in [0.1, 0.15) is 5.76 Å². The molecule has 2 amide bonds. The second-order valence-electron chi connectivity index (χ2n) is 6.96. The van der Waals surface area contributed by atoms with E-state index >= 15 is 0 Å². The Labute approximate surface area is 175 Å². The van der Waals surface area contributed by atoms with Crippen LogP contribution in [0.1, 0.15) is 47.9 Å². The second kappa shape index (κ2) is 10.5. The number of likely N-dealkylation sites (tertiary alicyclic amines) is 1. The van der Waals surface area contributed by atoms with Crippen LogP contribution in [0.2, 0.25) is 0 Å². The van der Waals surface area contributed by atoms with E-state index in [2.05, 4.69) is 10.5 Å². The standard InChI is InChI=1S/C22H27N3O5/c1-3-28-20-13-17(14-23-24-22(27)18-9-12-29-16(18)2)7-8-19(20)30-15-21(26)25-10-5-4-6-11-25/h7-9,12-14H,3-6,10-11,15H2,1-2H3,(H,24,27)/b23-14-. The van der Waals surface area contributed by atoms with E-state index in [1.54, 1.807) is 31.2 Å². The largest absolute Gasteiger partial charge is 0.490 e. The predicted octanol–water partition coefficient (Wildman–Crippen LogP) is 3.14. The van der Waals surface area contributed by atoms with E-state index in [-0.39, 0.29) is 18.4 Å². The third-order valence-electron chi connectivity index (χ3n) is 4.81. The van der Waals surface area contributed by atoms with Gasteiger partial charge in [-0.2, -0.15) is 5.10 Å². The van der Waals surface area contributed by atoms with Crippen LogP contribution in [-0.2, 0) is 4.79 Å². The van der Waals surface area contributed by atoms with Crippen molar-refractivity contribution in [2.24, 2.45) is 5.10 Å². The summed E-state index contributed by atoms with van der Waals surface area (Å²) in [5, 5.41) is 3.98. The minimum Gasteiger partial charge on any atom is -0.490 e. The molecule has 160 valence electrons. The van der Waals surface area contributed by atoms with Crippen LogP contribution in [0, 0.1) is 6.92 Å². The monoisotopic (exact) mass is 413 g/mol. The molecule has 8 nitrogen and oxygen atoms in total. The Morgan fingerprint density at radius 1 is 1.17 bits per heavy atom. The number of benzene rings is 1. The molecule has 1 aromatic heterocycles. The van der Waals surface area contributed by atoms with Gasteiger partial charge >= 0.3 is 0 Å². The zero-order valence-electron chi connectivity index (χ0n) is 17.3. The summed E-state index contributed by atoms with van der Waals surface area (Å²) in [6.45, 7) is 5.60. The molecule has 8 heteroatoms. The quantitative estimate of drug-likeness (QED) is 0.530. The molecule has 0 atom stereocenters. The first kappa shape index (κ1) is 21.4. The van der Waals surface area contributed by atoms with E-state index in [0.717, 1.165) is 31.5 Å². The van der Waals surface area contributed by atoms with Gasteiger partial charge < -0.3 is 18.8 Å². The summed E-state index contributed by atoms with van der Waals surface area (Å²) in [7, 11) is 0. The summed E-state index contributed by atoms with van der Waals surface area (Å²) in [6, 6.07) is 6.85. The number of aryl methyl sites for hydroxylation is 1. The Morgan fingerprint density at radius 2 is 1.97 bits per heavy atom. The Bertz CT molecular complexity index is 900. The molecule has 0 saturated carbocycles. The molecule has 30 heavy (non-hydrogen) atoms. The van der Waals surface area contributed by atoms with Gasteiger partial charge in [0, 0.05) is 13.1 Å². The zero-order chi connectivity index (χ0) is 21.3. The van der Waals surface area contributed by atoms with Gasteiger partial charge in [-0.25, -0.2) is 5.43 Å². The molecule has 0 spiro atoms. The number of hydrogen-bond acceptors (Lipinski definition) is 6. The van der Waals surface area contributed by atoms with Gasteiger partial charge in [0.05, 0.1) is 24.6 Å². The third kappa shape index (κ3) is 5.62. The lowest BCUT2D eigenvalue weighted by atomic mass is 10.1. The highest BCUT2D eigenvalue weighted by molar-refractivity contribution is 5.95. The number of furan rings is 1. The molecule has 0 bridgehead atoms. The van der Waals surface area contributed by atoms with Crippen molar-refractivity contribution in [3.63, 3.8) is 0 Å². The Balaban J connectivity index is 1.60. The number of carbonyl (C=O) groups excluding carboxylic acids is 2. The smallest absolute Gasteiger partial charge is 0.274 e. The summed E-state index contributed by atoms with van der Waals surface area (Å²) >= 11 is 0. The Kier molecular flexibility index (Phi) is 7.48. The summed E-state index contributed by atoms with van der Waals surface area (Å²) in [5.74, 6) is 1.18. The van der Waals surface area contributed by atoms with Gasteiger partial charge in [0.2, 0.25) is 0 Å². The second-order valence-corrected chi connectivity index (χ2v) is 6.96. The molecule has 1 fully saturated rings. The van der Waals surface area contributed by atoms with Crippen molar-refractivity contribution in [1.29, 1.82) is 0 Å². The lowest BCUT2D eigenvalue weighted by Gasteiger charge is -2.26. The number of ether oxygens (including phenoxy) is 2. The first-order valence-electron chi connectivity index (χ1n) is 10.1. The van der Waals surface area contributed by atoms with Crippen molar-refractivity contribution in [3.05, 3.63) is 47.4 Å². The molecule has 2 aromatic rings. The van der Waals surface area contributed by atoms with Crippen LogP contribution in [0.15, 0.2) is 40.0 Å². The first-order valence-corrected chi connectivity index (χ1v) is 10.1. The number of piperidine rings is 1. The molecular weight excluding hydrogens is 386 g/mol. The fraction of sp³-hybridized carbons (Fsp3) is 0.409. The molecular formula is C22H27N3O5. The van der Waals surface area contributed by atoms with Crippen molar-refractivity contribution in [3.8, 4) is 11.5 Å².